The minimum atomic E-state index is -6.00. The van der Waals surface area contributed by atoms with Gasteiger partial charge in [-0.3, -0.25) is 0 Å². The van der Waals surface area contributed by atoms with Crippen LogP contribution in [0.15, 0.2) is 0 Å². The largest absolute Gasteiger partial charge is 0.673 e. The monoisotopic (exact) mass is 336 g/mol. The van der Waals surface area contributed by atoms with Crippen LogP contribution in [0.1, 0.15) is 0 Å². The summed E-state index contributed by atoms with van der Waals surface area (Å²) in [6, 6.07) is 0. The summed E-state index contributed by atoms with van der Waals surface area (Å²) in [4.78, 5) is 5.37. The number of halogens is 9. The van der Waals surface area contributed by atoms with Crippen molar-refractivity contribution < 1.29 is 53.2 Å². The zero-order valence-electron chi connectivity index (χ0n) is 11.1. The first-order valence-electron chi connectivity index (χ1n) is 5.90. The van der Waals surface area contributed by atoms with Crippen LogP contribution >= 0.6 is 0 Å². The van der Waals surface area contributed by atoms with Crippen molar-refractivity contribution in [1.82, 2.24) is 0 Å². The second-order valence-electron chi connectivity index (χ2n) is 4.60. The maximum absolute atomic E-state index is 13.5. The van der Waals surface area contributed by atoms with Crippen LogP contribution in [0.2, 0.25) is 0 Å². The summed E-state index contributed by atoms with van der Waals surface area (Å²) in [5.41, 5.74) is 0. The summed E-state index contributed by atoms with van der Waals surface area (Å²) in [5, 5.41) is 0. The van der Waals surface area contributed by atoms with E-state index in [-0.39, 0.29) is 4.71 Å². The van der Waals surface area contributed by atoms with Gasteiger partial charge < -0.3 is 34.5 Å². The third kappa shape index (κ3) is 10.7. The lowest BCUT2D eigenvalue weighted by Crippen LogP contribution is -2.71. The van der Waals surface area contributed by atoms with Gasteiger partial charge in [0, 0.05) is 0 Å². The summed E-state index contributed by atoms with van der Waals surface area (Å²) >= 11 is 0. The zero-order chi connectivity index (χ0) is 16.9. The van der Waals surface area contributed by atoms with Crippen molar-refractivity contribution in [2.24, 2.45) is 0 Å². The van der Waals surface area contributed by atoms with Gasteiger partial charge in [0.1, 0.15) is 0 Å². The first-order chi connectivity index (χ1) is 9.18. The van der Waals surface area contributed by atoms with Crippen LogP contribution in [-0.4, -0.2) is 70.2 Å². The highest BCUT2D eigenvalue weighted by molar-refractivity contribution is 6.50. The Morgan fingerprint density at radius 3 is 1.10 bits per heavy atom. The van der Waals surface area contributed by atoms with Gasteiger partial charge in [-0.05, 0) is 4.48 Å². The molecule has 3 heterocycles. The van der Waals surface area contributed by atoms with E-state index >= 15 is 0 Å². The van der Waals surface area contributed by atoms with Crippen LogP contribution in [0.3, 0.4) is 0 Å². The molecule has 3 fully saturated rings. The number of rotatable bonds is 1. The molecule has 0 radical (unpaired) electrons. The minimum absolute atomic E-state index is 0.219. The molecule has 0 aromatic heterocycles. The number of hydroxylamine groups is 3. The van der Waals surface area contributed by atoms with E-state index in [4.69, 9.17) is 4.84 Å². The average Bonchev–Trinajstić information content (AvgIpc) is 2.26. The van der Waals surface area contributed by atoms with Crippen LogP contribution in [-0.2, 0) is 4.84 Å². The van der Waals surface area contributed by atoms with Gasteiger partial charge in [-0.15, -0.1) is 4.71 Å². The number of piperazine rings is 3. The Kier molecular flexibility index (Phi) is 6.88. The first kappa shape index (κ1) is 20.4. The molecule has 0 saturated carbocycles. The van der Waals surface area contributed by atoms with Crippen molar-refractivity contribution in [3.05, 3.63) is 0 Å². The van der Waals surface area contributed by atoms with Gasteiger partial charge in [0.25, 0.3) is 0 Å². The minimum Gasteiger partial charge on any atom is -0.418 e. The predicted octanol–water partition coefficient (Wildman–Crippen LogP) is 2.69. The summed E-state index contributed by atoms with van der Waals surface area (Å²) in [7, 11) is -10.3. The molecule has 3 nitrogen and oxygen atoms in total. The second kappa shape index (κ2) is 7.09. The van der Waals surface area contributed by atoms with Crippen molar-refractivity contribution in [3.8, 4) is 0 Å². The molecule has 0 atom stereocenters. The van der Waals surface area contributed by atoms with Crippen molar-refractivity contribution >= 4 is 14.5 Å². The molecule has 0 aromatic rings. The smallest absolute Gasteiger partial charge is 0.418 e. The van der Waals surface area contributed by atoms with Gasteiger partial charge in [0.05, 0.1) is 7.11 Å². The molecule has 21 heavy (non-hydrogen) atoms. The number of nitrogens with zero attached hydrogens (tertiary/aromatic N) is 2. The van der Waals surface area contributed by atoms with E-state index in [0.29, 0.717) is 24.3 Å². The van der Waals surface area contributed by atoms with Gasteiger partial charge >= 0.3 is 14.5 Å². The van der Waals surface area contributed by atoms with Gasteiger partial charge in [-0.25, -0.2) is 4.84 Å². The molecule has 3 aliphatic heterocycles. The Bertz CT molecular complexity index is 276. The maximum Gasteiger partial charge on any atom is 0.673 e. The molecular formula is C7H15B2F9N2O. The molecule has 3 saturated heterocycles. The second-order valence-corrected chi connectivity index (χ2v) is 4.60. The lowest BCUT2D eigenvalue weighted by molar-refractivity contribution is -1.21. The van der Waals surface area contributed by atoms with Gasteiger partial charge in [-0.1, -0.05) is 0 Å². The Hall–Kier alpha value is -0.620. The molecular weight excluding hydrogens is 321 g/mol. The fraction of sp³-hybridized carbons (Fsp3) is 1.00. The highest BCUT2D eigenvalue weighted by Crippen LogP contribution is 2.26. The molecule has 0 amide bonds. The standard InChI is InChI=1S/C7H15FN2O.2BF4/c1-11-10-5-2-9(8,3-6-10)4-7-10;2*2-1(3,4)5/h2-7H2,1H3;;/q+2;2*-1. The molecule has 0 unspecified atom stereocenters. The number of fused-ring (bicyclic) bond motifs is 3. The molecule has 3 aliphatic rings. The lowest BCUT2D eigenvalue weighted by Gasteiger charge is -2.46. The van der Waals surface area contributed by atoms with Crippen LogP contribution in [0.4, 0.5) is 39.0 Å². The van der Waals surface area contributed by atoms with E-state index in [0.717, 1.165) is 19.6 Å². The van der Waals surface area contributed by atoms with Gasteiger partial charge in [0.15, 0.2) is 39.3 Å². The normalized spacial score (nSPS) is 31.7. The topological polar surface area (TPSA) is 9.23 Å². The summed E-state index contributed by atoms with van der Waals surface area (Å²) in [6.07, 6.45) is 0. The highest BCUT2D eigenvalue weighted by Gasteiger charge is 2.52. The van der Waals surface area contributed by atoms with Crippen molar-refractivity contribution in [3.63, 3.8) is 0 Å². The Balaban J connectivity index is 0.000000340. The lowest BCUT2D eigenvalue weighted by atomic mass is 10.2. The predicted molar refractivity (Wildman–Crippen MR) is 58.2 cm³/mol. The highest BCUT2D eigenvalue weighted by atomic mass is 19.5. The molecule has 128 valence electrons. The van der Waals surface area contributed by atoms with Gasteiger partial charge in [-0.2, -0.15) is 4.65 Å². The van der Waals surface area contributed by atoms with Gasteiger partial charge in [0.2, 0.25) is 0 Å². The molecule has 2 bridgehead atoms. The molecule has 0 aliphatic carbocycles. The van der Waals surface area contributed by atoms with Crippen LogP contribution in [0, 0.1) is 0 Å². The quantitative estimate of drug-likeness (QED) is 0.310. The molecule has 0 aromatic carbocycles. The van der Waals surface area contributed by atoms with Crippen molar-refractivity contribution in [2.75, 3.05) is 46.4 Å². The van der Waals surface area contributed by atoms with Crippen LogP contribution in [0.5, 0.6) is 0 Å². The van der Waals surface area contributed by atoms with E-state index < -0.39 is 14.5 Å². The molecule has 3 rings (SSSR count). The van der Waals surface area contributed by atoms with E-state index in [2.05, 4.69) is 0 Å². The Labute approximate surface area is 115 Å². The van der Waals surface area contributed by atoms with E-state index in [1.54, 1.807) is 7.11 Å². The number of quaternary nitrogens is 2. The zero-order valence-corrected chi connectivity index (χ0v) is 11.1. The van der Waals surface area contributed by atoms with Crippen LogP contribution in [0.25, 0.3) is 0 Å². The van der Waals surface area contributed by atoms with E-state index in [1.807, 2.05) is 0 Å². The Morgan fingerprint density at radius 1 is 0.667 bits per heavy atom. The van der Waals surface area contributed by atoms with E-state index in [1.165, 1.54) is 0 Å². The van der Waals surface area contributed by atoms with Crippen molar-refractivity contribution in [1.29, 1.82) is 0 Å². The fourth-order valence-electron chi connectivity index (χ4n) is 2.03. The summed E-state index contributed by atoms with van der Waals surface area (Å²) in [5.74, 6) is 0. The van der Waals surface area contributed by atoms with Crippen LogP contribution < -0.4 is 0 Å². The third-order valence-electron chi connectivity index (χ3n) is 3.11. The fourth-order valence-corrected chi connectivity index (χ4v) is 2.03. The number of hydrogen-bond acceptors (Lipinski definition) is 1. The summed E-state index contributed by atoms with van der Waals surface area (Å²) < 4.78 is 92.0. The van der Waals surface area contributed by atoms with E-state index in [9.17, 15) is 39.0 Å². The first-order valence-corrected chi connectivity index (χ1v) is 5.90. The summed E-state index contributed by atoms with van der Waals surface area (Å²) in [6.45, 7) is 4.42. The average molecular weight is 336 g/mol. The third-order valence-corrected chi connectivity index (χ3v) is 3.11. The molecule has 0 N–H and O–H groups in total. The maximum atomic E-state index is 13.5. The number of hydrogen-bond donors (Lipinski definition) is 0. The SMILES string of the molecule is CO[N+]12CC[N+](F)(CC1)CC2.F[B-](F)(F)F.F[B-](F)(F)F. The Morgan fingerprint density at radius 2 is 0.905 bits per heavy atom. The molecule has 14 heteroatoms. The molecule has 0 spiro atoms. The van der Waals surface area contributed by atoms with Crippen molar-refractivity contribution in [2.45, 2.75) is 0 Å².